The van der Waals surface area contributed by atoms with Gasteiger partial charge in [0.05, 0.1) is 4.92 Å². The zero-order valence-electron chi connectivity index (χ0n) is 12.1. The highest BCUT2D eigenvalue weighted by molar-refractivity contribution is 5.85. The number of piperazine rings is 1. The summed E-state index contributed by atoms with van der Waals surface area (Å²) in [6.45, 7) is 0.316. The molecule has 1 saturated heterocycles. The van der Waals surface area contributed by atoms with Gasteiger partial charge in [-0.05, 0) is 11.6 Å². The highest BCUT2D eigenvalue weighted by Gasteiger charge is 2.44. The van der Waals surface area contributed by atoms with Gasteiger partial charge >= 0.3 is 5.69 Å². The molecule has 0 aromatic heterocycles. The SMILES string of the molecule is Cl.O=[N+]([O-])c1cc([C@H](N2CCNCC2)C(F)(F)CO)ccc1O. The van der Waals surface area contributed by atoms with Crippen molar-refractivity contribution in [1.29, 1.82) is 0 Å². The highest BCUT2D eigenvalue weighted by atomic mass is 35.5. The number of hydrogen-bond donors (Lipinski definition) is 3. The molecule has 130 valence electrons. The Morgan fingerprint density at radius 3 is 2.52 bits per heavy atom. The van der Waals surface area contributed by atoms with Crippen molar-refractivity contribution < 1.29 is 23.9 Å². The standard InChI is InChI=1S/C13H17F2N3O4.ClH/c14-13(15,8-19)12(17-5-3-16-4-6-17)9-1-2-11(20)10(7-9)18(21)22;/h1-2,7,12,16,19-20H,3-6,8H2;1H/t12-;/m0./s1. The maximum absolute atomic E-state index is 14.2. The van der Waals surface area contributed by atoms with Gasteiger partial charge in [0.25, 0.3) is 5.92 Å². The Morgan fingerprint density at radius 1 is 1.39 bits per heavy atom. The van der Waals surface area contributed by atoms with E-state index < -0.39 is 34.9 Å². The van der Waals surface area contributed by atoms with Crippen LogP contribution in [0, 0.1) is 10.1 Å². The molecule has 2 rings (SSSR count). The van der Waals surface area contributed by atoms with Crippen molar-refractivity contribution >= 4 is 18.1 Å². The van der Waals surface area contributed by atoms with Gasteiger partial charge in [-0.2, -0.15) is 0 Å². The third-order valence-electron chi connectivity index (χ3n) is 3.64. The molecule has 0 radical (unpaired) electrons. The Hall–Kier alpha value is -1.55. The Labute approximate surface area is 137 Å². The summed E-state index contributed by atoms with van der Waals surface area (Å²) in [6, 6.07) is 1.69. The Morgan fingerprint density at radius 2 is 2.00 bits per heavy atom. The second-order valence-electron chi connectivity index (χ2n) is 5.11. The first-order valence-electron chi connectivity index (χ1n) is 6.77. The summed E-state index contributed by atoms with van der Waals surface area (Å²) in [6.07, 6.45) is 0. The van der Waals surface area contributed by atoms with Crippen LogP contribution < -0.4 is 5.32 Å². The van der Waals surface area contributed by atoms with E-state index in [4.69, 9.17) is 5.11 Å². The normalized spacial score (nSPS) is 17.3. The van der Waals surface area contributed by atoms with Gasteiger partial charge in [0.1, 0.15) is 12.6 Å². The van der Waals surface area contributed by atoms with Crippen molar-refractivity contribution in [2.75, 3.05) is 32.8 Å². The van der Waals surface area contributed by atoms with Crippen LogP contribution in [0.2, 0.25) is 0 Å². The molecule has 0 amide bonds. The van der Waals surface area contributed by atoms with E-state index in [1.807, 2.05) is 0 Å². The van der Waals surface area contributed by atoms with E-state index in [9.17, 15) is 24.0 Å². The lowest BCUT2D eigenvalue weighted by Gasteiger charge is -2.38. The monoisotopic (exact) mass is 353 g/mol. The second-order valence-corrected chi connectivity index (χ2v) is 5.11. The van der Waals surface area contributed by atoms with E-state index in [2.05, 4.69) is 5.32 Å². The molecule has 1 aliphatic rings. The molecule has 1 atom stereocenters. The van der Waals surface area contributed by atoms with Crippen LogP contribution in [0.3, 0.4) is 0 Å². The molecule has 1 aromatic carbocycles. The van der Waals surface area contributed by atoms with Crippen molar-refractivity contribution in [3.63, 3.8) is 0 Å². The summed E-state index contributed by atoms with van der Waals surface area (Å²) in [5.74, 6) is -4.04. The van der Waals surface area contributed by atoms with E-state index in [1.165, 1.54) is 11.0 Å². The number of aliphatic hydroxyl groups excluding tert-OH is 1. The van der Waals surface area contributed by atoms with E-state index in [1.54, 1.807) is 0 Å². The lowest BCUT2D eigenvalue weighted by Crippen LogP contribution is -2.51. The van der Waals surface area contributed by atoms with Crippen LogP contribution in [0.1, 0.15) is 11.6 Å². The van der Waals surface area contributed by atoms with Gasteiger partial charge in [-0.1, -0.05) is 6.07 Å². The summed E-state index contributed by atoms with van der Waals surface area (Å²) in [5, 5.41) is 32.4. The molecule has 1 aromatic rings. The number of hydrogen-bond acceptors (Lipinski definition) is 6. The summed E-state index contributed by atoms with van der Waals surface area (Å²) in [5.41, 5.74) is -0.642. The predicted molar refractivity (Wildman–Crippen MR) is 81.2 cm³/mol. The number of aliphatic hydroxyl groups is 1. The molecule has 0 spiro atoms. The molecule has 10 heteroatoms. The summed E-state index contributed by atoms with van der Waals surface area (Å²) >= 11 is 0. The van der Waals surface area contributed by atoms with E-state index in [0.29, 0.717) is 26.2 Å². The van der Waals surface area contributed by atoms with Gasteiger partial charge in [-0.3, -0.25) is 15.0 Å². The van der Waals surface area contributed by atoms with Crippen LogP contribution in [0.5, 0.6) is 5.75 Å². The van der Waals surface area contributed by atoms with Gasteiger partial charge in [0, 0.05) is 32.2 Å². The van der Waals surface area contributed by atoms with Crippen LogP contribution in [-0.2, 0) is 0 Å². The number of halogens is 3. The van der Waals surface area contributed by atoms with Gasteiger partial charge in [0.2, 0.25) is 0 Å². The van der Waals surface area contributed by atoms with Gasteiger partial charge in [0.15, 0.2) is 5.75 Å². The molecular weight excluding hydrogens is 336 g/mol. The number of nitro groups is 1. The number of phenols is 1. The minimum absolute atomic E-state index is 0. The largest absolute Gasteiger partial charge is 0.502 e. The maximum Gasteiger partial charge on any atom is 0.311 e. The first-order chi connectivity index (χ1) is 10.4. The van der Waals surface area contributed by atoms with Gasteiger partial charge < -0.3 is 15.5 Å². The fraction of sp³-hybridized carbons (Fsp3) is 0.538. The number of rotatable bonds is 5. The number of aromatic hydroxyl groups is 1. The topological polar surface area (TPSA) is 98.9 Å². The van der Waals surface area contributed by atoms with E-state index in [-0.39, 0.29) is 18.0 Å². The van der Waals surface area contributed by atoms with E-state index in [0.717, 1.165) is 12.1 Å². The van der Waals surface area contributed by atoms with Crippen LogP contribution in [0.25, 0.3) is 0 Å². The minimum Gasteiger partial charge on any atom is -0.502 e. The molecule has 0 unspecified atom stereocenters. The summed E-state index contributed by atoms with van der Waals surface area (Å²) in [4.78, 5) is 11.5. The highest BCUT2D eigenvalue weighted by Crippen LogP contribution is 2.39. The number of nitrogens with one attached hydrogen (secondary N) is 1. The number of benzene rings is 1. The molecule has 1 heterocycles. The lowest BCUT2D eigenvalue weighted by molar-refractivity contribution is -0.386. The average molecular weight is 354 g/mol. The van der Waals surface area contributed by atoms with Crippen molar-refractivity contribution in [2.24, 2.45) is 0 Å². The molecule has 0 saturated carbocycles. The average Bonchev–Trinajstić information content (AvgIpc) is 2.50. The molecule has 0 aliphatic carbocycles. The molecule has 7 nitrogen and oxygen atoms in total. The maximum atomic E-state index is 14.2. The lowest BCUT2D eigenvalue weighted by atomic mass is 9.97. The number of phenolic OH excluding ortho intramolecular Hbond substituents is 1. The van der Waals surface area contributed by atoms with Crippen molar-refractivity contribution in [1.82, 2.24) is 10.2 Å². The van der Waals surface area contributed by atoms with Crippen LogP contribution in [-0.4, -0.2) is 58.7 Å². The zero-order chi connectivity index (χ0) is 16.3. The van der Waals surface area contributed by atoms with Crippen molar-refractivity contribution in [2.45, 2.75) is 12.0 Å². The Balaban J connectivity index is 0.00000264. The van der Waals surface area contributed by atoms with E-state index >= 15 is 0 Å². The third kappa shape index (κ3) is 4.25. The second kappa shape index (κ2) is 7.82. The predicted octanol–water partition coefficient (Wildman–Crippen LogP) is 1.30. The fourth-order valence-electron chi connectivity index (χ4n) is 2.61. The van der Waals surface area contributed by atoms with Gasteiger partial charge in [-0.15, -0.1) is 12.4 Å². The number of nitro benzene ring substituents is 1. The fourth-order valence-corrected chi connectivity index (χ4v) is 2.61. The first-order valence-corrected chi connectivity index (χ1v) is 6.77. The minimum atomic E-state index is -3.46. The van der Waals surface area contributed by atoms with Crippen molar-refractivity contribution in [3.8, 4) is 5.75 Å². The number of nitrogens with zero attached hydrogens (tertiary/aromatic N) is 2. The molecular formula is C13H18ClF2N3O4. The van der Waals surface area contributed by atoms with Crippen LogP contribution in [0.15, 0.2) is 18.2 Å². The summed E-state index contributed by atoms with van der Waals surface area (Å²) < 4.78 is 28.4. The summed E-state index contributed by atoms with van der Waals surface area (Å²) in [7, 11) is 0. The smallest absolute Gasteiger partial charge is 0.311 e. The van der Waals surface area contributed by atoms with Gasteiger partial charge in [-0.25, -0.2) is 8.78 Å². The molecule has 1 aliphatic heterocycles. The van der Waals surface area contributed by atoms with Crippen LogP contribution >= 0.6 is 12.4 Å². The zero-order valence-corrected chi connectivity index (χ0v) is 12.9. The first kappa shape index (κ1) is 19.5. The Bertz CT molecular complexity index is 556. The number of alkyl halides is 2. The van der Waals surface area contributed by atoms with Crippen LogP contribution in [0.4, 0.5) is 14.5 Å². The Kier molecular flexibility index (Phi) is 6.63. The molecule has 23 heavy (non-hydrogen) atoms. The quantitative estimate of drug-likeness (QED) is 0.545. The molecule has 0 bridgehead atoms. The third-order valence-corrected chi connectivity index (χ3v) is 3.64. The molecule has 3 N–H and O–H groups in total. The molecule has 1 fully saturated rings. The van der Waals surface area contributed by atoms with Crippen molar-refractivity contribution in [3.05, 3.63) is 33.9 Å².